The number of benzene rings is 1. The smallest absolute Gasteiger partial charge is 0.0175 e. The third-order valence-electron chi connectivity index (χ3n) is 2.54. The first kappa shape index (κ1) is 14.5. The van der Waals surface area contributed by atoms with Crippen LogP contribution in [0.2, 0.25) is 0 Å². The lowest BCUT2D eigenvalue weighted by atomic mass is 10.1. The Hall–Kier alpha value is -0.600. The fraction of sp³-hybridized carbons (Fsp3) is 0.467. The van der Waals surface area contributed by atoms with Crippen LogP contribution in [0.5, 0.6) is 0 Å². The molecule has 0 radical (unpaired) electrons. The minimum absolute atomic E-state index is 0.175. The maximum atomic E-state index is 3.53. The van der Waals surface area contributed by atoms with Crippen LogP contribution >= 0.6 is 15.9 Å². The van der Waals surface area contributed by atoms with Gasteiger partial charge in [0.25, 0.3) is 0 Å². The Kier molecular flexibility index (Phi) is 5.41. The molecule has 1 rings (SSSR count). The Bertz CT molecular complexity index is 371. The zero-order chi connectivity index (χ0) is 12.9. The van der Waals surface area contributed by atoms with Crippen LogP contribution in [0.4, 0.5) is 0 Å². The van der Waals surface area contributed by atoms with E-state index in [1.165, 1.54) is 11.1 Å². The van der Waals surface area contributed by atoms with Gasteiger partial charge >= 0.3 is 0 Å². The van der Waals surface area contributed by atoms with E-state index < -0.39 is 0 Å². The number of rotatable bonds is 4. The average molecular weight is 296 g/mol. The van der Waals surface area contributed by atoms with Gasteiger partial charge in [0.2, 0.25) is 0 Å². The zero-order valence-electron chi connectivity index (χ0n) is 11.2. The molecule has 0 aliphatic carbocycles. The van der Waals surface area contributed by atoms with Crippen LogP contribution < -0.4 is 5.32 Å². The van der Waals surface area contributed by atoms with Gasteiger partial charge in [0.05, 0.1) is 0 Å². The molecule has 2 heteroatoms. The Morgan fingerprint density at radius 3 is 2.29 bits per heavy atom. The summed E-state index contributed by atoms with van der Waals surface area (Å²) < 4.78 is 1.13. The highest BCUT2D eigenvalue weighted by Gasteiger charge is 2.08. The quantitative estimate of drug-likeness (QED) is 0.854. The van der Waals surface area contributed by atoms with Gasteiger partial charge in [-0.3, -0.25) is 0 Å². The molecule has 0 saturated carbocycles. The third kappa shape index (κ3) is 6.04. The van der Waals surface area contributed by atoms with Gasteiger partial charge in [-0.1, -0.05) is 46.6 Å². The summed E-state index contributed by atoms with van der Waals surface area (Å²) in [5, 5.41) is 3.53. The number of hydrogen-bond acceptors (Lipinski definition) is 1. The van der Waals surface area contributed by atoms with Crippen molar-refractivity contribution < 1.29 is 0 Å². The van der Waals surface area contributed by atoms with Crippen LogP contribution in [0.25, 0.3) is 6.08 Å². The minimum Gasteiger partial charge on any atom is -0.308 e. The van der Waals surface area contributed by atoms with Crippen LogP contribution in [0.15, 0.2) is 34.3 Å². The molecule has 0 fully saturated rings. The van der Waals surface area contributed by atoms with Crippen molar-refractivity contribution in [1.29, 1.82) is 0 Å². The number of halogens is 1. The maximum absolute atomic E-state index is 3.53. The van der Waals surface area contributed by atoms with E-state index in [2.05, 4.69) is 79.3 Å². The van der Waals surface area contributed by atoms with Crippen molar-refractivity contribution in [3.63, 3.8) is 0 Å². The van der Waals surface area contributed by atoms with Gasteiger partial charge in [0.15, 0.2) is 0 Å². The molecular weight excluding hydrogens is 274 g/mol. The molecule has 0 unspecified atom stereocenters. The summed E-state index contributed by atoms with van der Waals surface area (Å²) in [5.41, 5.74) is 2.87. The molecule has 94 valence electrons. The standard InChI is InChI=1S/C15H22BrN/c1-5-12(11-17-15(2,3)4)10-13-6-8-14(16)9-7-13/h6-10,17H,5,11H2,1-4H3. The lowest BCUT2D eigenvalue weighted by Crippen LogP contribution is -2.36. The summed E-state index contributed by atoms with van der Waals surface area (Å²) >= 11 is 3.45. The van der Waals surface area contributed by atoms with E-state index in [1.807, 2.05) is 0 Å². The van der Waals surface area contributed by atoms with Gasteiger partial charge in [-0.05, 0) is 44.9 Å². The maximum Gasteiger partial charge on any atom is 0.0175 e. The lowest BCUT2D eigenvalue weighted by Gasteiger charge is -2.21. The molecular formula is C15H22BrN. The monoisotopic (exact) mass is 295 g/mol. The van der Waals surface area contributed by atoms with Crippen LogP contribution in [0, 0.1) is 0 Å². The summed E-state index contributed by atoms with van der Waals surface area (Å²) in [6.07, 6.45) is 3.35. The van der Waals surface area contributed by atoms with E-state index in [0.29, 0.717) is 0 Å². The second-order valence-electron chi connectivity index (χ2n) is 5.31. The van der Waals surface area contributed by atoms with Gasteiger partial charge in [0.1, 0.15) is 0 Å². The molecule has 0 aliphatic rings. The Morgan fingerprint density at radius 2 is 1.82 bits per heavy atom. The molecule has 1 N–H and O–H groups in total. The molecule has 0 saturated heterocycles. The molecule has 1 nitrogen and oxygen atoms in total. The molecule has 1 aromatic carbocycles. The molecule has 0 bridgehead atoms. The molecule has 0 aliphatic heterocycles. The van der Waals surface area contributed by atoms with E-state index in [1.54, 1.807) is 0 Å². The summed E-state index contributed by atoms with van der Waals surface area (Å²) in [6.45, 7) is 9.74. The molecule has 17 heavy (non-hydrogen) atoms. The molecule has 0 aromatic heterocycles. The zero-order valence-corrected chi connectivity index (χ0v) is 12.8. The highest BCUT2D eigenvalue weighted by Crippen LogP contribution is 2.14. The summed E-state index contributed by atoms with van der Waals surface area (Å²) in [4.78, 5) is 0. The molecule has 0 heterocycles. The van der Waals surface area contributed by atoms with E-state index in [-0.39, 0.29) is 5.54 Å². The van der Waals surface area contributed by atoms with Crippen molar-refractivity contribution in [2.75, 3.05) is 6.54 Å². The van der Waals surface area contributed by atoms with Gasteiger partial charge in [0, 0.05) is 16.6 Å². The molecule has 0 atom stereocenters. The Morgan fingerprint density at radius 1 is 1.24 bits per heavy atom. The van der Waals surface area contributed by atoms with Crippen LogP contribution in [0.1, 0.15) is 39.7 Å². The summed E-state index contributed by atoms with van der Waals surface area (Å²) in [7, 11) is 0. The average Bonchev–Trinajstić information content (AvgIpc) is 2.25. The van der Waals surface area contributed by atoms with Crippen molar-refractivity contribution in [3.05, 3.63) is 39.9 Å². The van der Waals surface area contributed by atoms with Crippen molar-refractivity contribution >= 4 is 22.0 Å². The van der Waals surface area contributed by atoms with Gasteiger partial charge in [-0.15, -0.1) is 0 Å². The van der Waals surface area contributed by atoms with Crippen LogP contribution in [-0.2, 0) is 0 Å². The predicted molar refractivity (Wildman–Crippen MR) is 80.2 cm³/mol. The molecule has 0 amide bonds. The predicted octanol–water partition coefficient (Wildman–Crippen LogP) is 4.63. The van der Waals surface area contributed by atoms with Crippen molar-refractivity contribution in [2.24, 2.45) is 0 Å². The Balaban J connectivity index is 2.69. The first-order chi connectivity index (χ1) is 7.90. The second kappa shape index (κ2) is 6.36. The number of nitrogens with one attached hydrogen (secondary N) is 1. The van der Waals surface area contributed by atoms with E-state index in [0.717, 1.165) is 17.4 Å². The van der Waals surface area contributed by atoms with Gasteiger partial charge in [-0.25, -0.2) is 0 Å². The molecule has 0 spiro atoms. The minimum atomic E-state index is 0.175. The van der Waals surface area contributed by atoms with E-state index in [9.17, 15) is 0 Å². The van der Waals surface area contributed by atoms with Gasteiger partial charge < -0.3 is 5.32 Å². The second-order valence-corrected chi connectivity index (χ2v) is 6.23. The fourth-order valence-corrected chi connectivity index (χ4v) is 1.72. The SMILES string of the molecule is CCC(=Cc1ccc(Br)cc1)CNC(C)(C)C. The molecule has 1 aromatic rings. The normalized spacial score (nSPS) is 12.9. The highest BCUT2D eigenvalue weighted by atomic mass is 79.9. The first-order valence-electron chi connectivity index (χ1n) is 6.11. The lowest BCUT2D eigenvalue weighted by molar-refractivity contribution is 0.443. The van der Waals surface area contributed by atoms with Crippen molar-refractivity contribution in [2.45, 2.75) is 39.7 Å². The largest absolute Gasteiger partial charge is 0.308 e. The Labute approximate surface area is 113 Å². The summed E-state index contributed by atoms with van der Waals surface area (Å²) in [5.74, 6) is 0. The number of hydrogen-bond donors (Lipinski definition) is 1. The third-order valence-corrected chi connectivity index (χ3v) is 3.07. The summed E-state index contributed by atoms with van der Waals surface area (Å²) in [6, 6.07) is 8.43. The first-order valence-corrected chi connectivity index (χ1v) is 6.90. The van der Waals surface area contributed by atoms with E-state index >= 15 is 0 Å². The van der Waals surface area contributed by atoms with Crippen molar-refractivity contribution in [3.8, 4) is 0 Å². The topological polar surface area (TPSA) is 12.0 Å². The highest BCUT2D eigenvalue weighted by molar-refractivity contribution is 9.10. The van der Waals surface area contributed by atoms with Crippen molar-refractivity contribution in [1.82, 2.24) is 5.32 Å². The van der Waals surface area contributed by atoms with Gasteiger partial charge in [-0.2, -0.15) is 0 Å². The van der Waals surface area contributed by atoms with E-state index in [4.69, 9.17) is 0 Å². The van der Waals surface area contributed by atoms with Crippen LogP contribution in [-0.4, -0.2) is 12.1 Å². The van der Waals surface area contributed by atoms with Crippen LogP contribution in [0.3, 0.4) is 0 Å². The fourth-order valence-electron chi connectivity index (χ4n) is 1.45.